The van der Waals surface area contributed by atoms with E-state index in [2.05, 4.69) is 15.3 Å². The van der Waals surface area contributed by atoms with Gasteiger partial charge < -0.3 is 15.8 Å². The fourth-order valence-electron chi connectivity index (χ4n) is 3.25. The molecule has 3 N–H and O–H groups in total. The van der Waals surface area contributed by atoms with Crippen molar-refractivity contribution in [2.45, 2.75) is 29.1 Å². The summed E-state index contributed by atoms with van der Waals surface area (Å²) in [6.07, 6.45) is 0. The highest BCUT2D eigenvalue weighted by Gasteiger charge is 2.28. The molecule has 0 spiro atoms. The van der Waals surface area contributed by atoms with Gasteiger partial charge in [-0.2, -0.15) is 4.31 Å². The van der Waals surface area contributed by atoms with Crippen molar-refractivity contribution < 1.29 is 17.9 Å². The van der Waals surface area contributed by atoms with Crippen LogP contribution in [0.3, 0.4) is 0 Å². The summed E-state index contributed by atoms with van der Waals surface area (Å²) in [5, 5.41) is 5.38. The van der Waals surface area contributed by atoms with Crippen LogP contribution in [0.2, 0.25) is 0 Å². The molecule has 1 atom stereocenters. The van der Waals surface area contributed by atoms with Crippen molar-refractivity contribution in [3.63, 3.8) is 0 Å². The van der Waals surface area contributed by atoms with E-state index in [0.29, 0.717) is 48.5 Å². The van der Waals surface area contributed by atoms with Crippen molar-refractivity contribution >= 4 is 60.8 Å². The number of ether oxygens (including phenoxy) is 1. The van der Waals surface area contributed by atoms with Gasteiger partial charge in [-0.1, -0.05) is 17.8 Å². The Morgan fingerprint density at radius 1 is 1.28 bits per heavy atom. The van der Waals surface area contributed by atoms with Gasteiger partial charge in [0.2, 0.25) is 15.9 Å². The Kier molecular flexibility index (Phi) is 6.67. The molecule has 1 aliphatic rings. The number of amides is 1. The second-order valence-electron chi connectivity index (χ2n) is 7.28. The van der Waals surface area contributed by atoms with Crippen LogP contribution in [-0.4, -0.2) is 60.2 Å². The summed E-state index contributed by atoms with van der Waals surface area (Å²) in [4.78, 5) is 22.4. The lowest BCUT2D eigenvalue weighted by Crippen LogP contribution is -2.40. The molecular formula is C20H23N5O4S3. The number of rotatable bonds is 6. The number of benzene rings is 1. The van der Waals surface area contributed by atoms with E-state index in [4.69, 9.17) is 10.5 Å². The van der Waals surface area contributed by atoms with Crippen molar-refractivity contribution in [2.24, 2.45) is 0 Å². The molecule has 170 valence electrons. The predicted octanol–water partition coefficient (Wildman–Crippen LogP) is 2.72. The van der Waals surface area contributed by atoms with Crippen LogP contribution >= 0.6 is 23.1 Å². The molecule has 1 saturated heterocycles. The van der Waals surface area contributed by atoms with Crippen LogP contribution in [0.4, 0.5) is 11.5 Å². The third kappa shape index (κ3) is 4.74. The van der Waals surface area contributed by atoms with E-state index in [1.165, 1.54) is 33.5 Å². The molecule has 2 aromatic heterocycles. The molecule has 12 heteroatoms. The lowest BCUT2D eigenvalue weighted by atomic mass is 10.2. The van der Waals surface area contributed by atoms with Gasteiger partial charge in [0.25, 0.3) is 0 Å². The quantitative estimate of drug-likeness (QED) is 0.396. The van der Waals surface area contributed by atoms with Crippen LogP contribution in [-0.2, 0) is 19.6 Å². The van der Waals surface area contributed by atoms with E-state index in [0.717, 1.165) is 10.2 Å². The van der Waals surface area contributed by atoms with Crippen LogP contribution in [0.15, 0.2) is 39.7 Å². The fourth-order valence-corrected chi connectivity index (χ4v) is 6.51. The van der Waals surface area contributed by atoms with Gasteiger partial charge >= 0.3 is 0 Å². The van der Waals surface area contributed by atoms with Gasteiger partial charge in [-0.3, -0.25) is 4.79 Å². The minimum atomic E-state index is -3.68. The molecule has 32 heavy (non-hydrogen) atoms. The van der Waals surface area contributed by atoms with E-state index in [1.807, 2.05) is 11.4 Å². The van der Waals surface area contributed by atoms with Crippen LogP contribution in [0.25, 0.3) is 10.2 Å². The minimum Gasteiger partial charge on any atom is -0.383 e. The number of thioether (sulfide) groups is 1. The number of fused-ring (bicyclic) bond motifs is 1. The van der Waals surface area contributed by atoms with E-state index < -0.39 is 15.3 Å². The smallest absolute Gasteiger partial charge is 0.243 e. The molecule has 3 aromatic rings. The molecule has 4 rings (SSSR count). The Balaban J connectivity index is 1.49. The number of hydrogen-bond donors (Lipinski definition) is 2. The maximum Gasteiger partial charge on any atom is 0.243 e. The van der Waals surface area contributed by atoms with Gasteiger partial charge in [-0.05, 0) is 43.0 Å². The third-order valence-corrected chi connectivity index (χ3v) is 8.84. The number of morpholine rings is 1. The van der Waals surface area contributed by atoms with Crippen LogP contribution in [0.1, 0.15) is 12.5 Å². The number of aryl methyl sites for hydroxylation is 1. The lowest BCUT2D eigenvalue weighted by molar-refractivity contribution is -0.115. The van der Waals surface area contributed by atoms with E-state index in [9.17, 15) is 13.2 Å². The monoisotopic (exact) mass is 493 g/mol. The number of aromatic nitrogens is 2. The Labute approximate surface area is 194 Å². The summed E-state index contributed by atoms with van der Waals surface area (Å²) in [5.41, 5.74) is 7.01. The van der Waals surface area contributed by atoms with Gasteiger partial charge in [-0.15, -0.1) is 11.3 Å². The zero-order valence-electron chi connectivity index (χ0n) is 17.6. The van der Waals surface area contributed by atoms with Crippen molar-refractivity contribution in [1.82, 2.24) is 14.3 Å². The molecule has 9 nitrogen and oxygen atoms in total. The molecule has 1 amide bonds. The Hall–Kier alpha value is -2.25. The SMILES string of the molecule is Cc1ccc(NC(=O)C(C)Sc2nc(N)c3ccsc3n2)cc1S(=O)(=O)N1CCOCC1. The zero-order chi connectivity index (χ0) is 22.9. The van der Waals surface area contributed by atoms with Crippen molar-refractivity contribution in [3.8, 4) is 0 Å². The van der Waals surface area contributed by atoms with Crippen molar-refractivity contribution in [1.29, 1.82) is 0 Å². The molecule has 1 fully saturated rings. The molecule has 1 aliphatic heterocycles. The number of thiophene rings is 1. The molecule has 0 bridgehead atoms. The number of carbonyl (C=O) groups excluding carboxylic acids is 1. The fraction of sp³-hybridized carbons (Fsp3) is 0.350. The summed E-state index contributed by atoms with van der Waals surface area (Å²) >= 11 is 2.65. The Morgan fingerprint density at radius 2 is 2.03 bits per heavy atom. The zero-order valence-corrected chi connectivity index (χ0v) is 20.0. The third-order valence-electron chi connectivity index (χ3n) is 5.03. The molecule has 0 radical (unpaired) electrons. The largest absolute Gasteiger partial charge is 0.383 e. The highest BCUT2D eigenvalue weighted by atomic mass is 32.2. The first-order chi connectivity index (χ1) is 15.3. The Bertz CT molecular complexity index is 1260. The maximum absolute atomic E-state index is 13.1. The molecular weight excluding hydrogens is 470 g/mol. The number of nitrogens with one attached hydrogen (secondary N) is 1. The summed E-state index contributed by atoms with van der Waals surface area (Å²) in [5.74, 6) is 0.0878. The summed E-state index contributed by atoms with van der Waals surface area (Å²) in [7, 11) is -3.68. The van der Waals surface area contributed by atoms with E-state index >= 15 is 0 Å². The highest BCUT2D eigenvalue weighted by Crippen LogP contribution is 2.29. The van der Waals surface area contributed by atoms with Crippen LogP contribution in [0.5, 0.6) is 0 Å². The number of nitrogens with two attached hydrogens (primary N) is 1. The highest BCUT2D eigenvalue weighted by molar-refractivity contribution is 8.00. The van der Waals surface area contributed by atoms with Gasteiger partial charge in [0, 0.05) is 18.8 Å². The predicted molar refractivity (Wildman–Crippen MR) is 127 cm³/mol. The first-order valence-corrected chi connectivity index (χ1v) is 13.1. The second-order valence-corrected chi connectivity index (χ2v) is 11.4. The lowest BCUT2D eigenvalue weighted by Gasteiger charge is -2.27. The Morgan fingerprint density at radius 3 is 2.78 bits per heavy atom. The minimum absolute atomic E-state index is 0.178. The number of nitrogens with zero attached hydrogens (tertiary/aromatic N) is 3. The maximum atomic E-state index is 13.1. The van der Waals surface area contributed by atoms with Crippen LogP contribution < -0.4 is 11.1 Å². The molecule has 0 saturated carbocycles. The van der Waals surface area contributed by atoms with Gasteiger partial charge in [-0.25, -0.2) is 18.4 Å². The average Bonchev–Trinajstić information content (AvgIpc) is 3.25. The normalized spacial score (nSPS) is 16.2. The molecule has 1 unspecified atom stereocenters. The number of sulfonamides is 1. The summed E-state index contributed by atoms with van der Waals surface area (Å²) in [6.45, 7) is 4.83. The number of nitrogen functional groups attached to an aromatic ring is 1. The van der Waals surface area contributed by atoms with Crippen LogP contribution in [0, 0.1) is 6.92 Å². The van der Waals surface area contributed by atoms with Gasteiger partial charge in [0.05, 0.1) is 28.7 Å². The number of carbonyl (C=O) groups is 1. The standard InChI is InChI=1S/C20H23N5O4S3/c1-12-3-4-14(11-16(12)32(27,28)25-6-8-29-9-7-25)22-18(26)13(2)31-20-23-17(21)15-5-10-30-19(15)24-20/h3-5,10-11,13H,6-9H2,1-2H3,(H,22,26)(H2,21,23,24). The van der Waals surface area contributed by atoms with E-state index in [-0.39, 0.29) is 10.8 Å². The second kappa shape index (κ2) is 9.32. The van der Waals surface area contributed by atoms with Crippen molar-refractivity contribution in [2.75, 3.05) is 37.4 Å². The summed E-state index contributed by atoms with van der Waals surface area (Å²) in [6, 6.07) is 6.74. The van der Waals surface area contributed by atoms with Crippen molar-refractivity contribution in [3.05, 3.63) is 35.2 Å². The molecule has 0 aliphatic carbocycles. The van der Waals surface area contributed by atoms with Gasteiger partial charge in [0.15, 0.2) is 5.16 Å². The van der Waals surface area contributed by atoms with Gasteiger partial charge in [0.1, 0.15) is 10.6 Å². The topological polar surface area (TPSA) is 128 Å². The van der Waals surface area contributed by atoms with E-state index in [1.54, 1.807) is 26.0 Å². The average molecular weight is 494 g/mol. The number of anilines is 2. The molecule has 1 aromatic carbocycles. The first kappa shape index (κ1) is 22.9. The first-order valence-electron chi connectivity index (χ1n) is 9.92. The molecule has 3 heterocycles. The summed E-state index contributed by atoms with van der Waals surface area (Å²) < 4.78 is 32.8. The number of hydrogen-bond acceptors (Lipinski definition) is 9.